The third-order valence-corrected chi connectivity index (χ3v) is 4.64. The van der Waals surface area contributed by atoms with Gasteiger partial charge in [-0.15, -0.1) is 0 Å². The zero-order valence-corrected chi connectivity index (χ0v) is 13.8. The fraction of sp³-hybridized carbons (Fsp3) is 0.111. The Labute approximate surface area is 141 Å². The Morgan fingerprint density at radius 2 is 1.88 bits per heavy atom. The molecule has 0 radical (unpaired) electrons. The molecule has 0 fully saturated rings. The lowest BCUT2D eigenvalue weighted by molar-refractivity contribution is 0.0597. The van der Waals surface area contributed by atoms with E-state index in [1.54, 1.807) is 25.3 Å². The van der Waals surface area contributed by atoms with Crippen molar-refractivity contribution in [1.82, 2.24) is 0 Å². The smallest absolute Gasteiger partial charge is 0.346 e. The van der Waals surface area contributed by atoms with Gasteiger partial charge in [-0.2, -0.15) is 0 Å². The summed E-state index contributed by atoms with van der Waals surface area (Å²) in [7, 11) is 2.76. The zero-order valence-electron chi connectivity index (χ0n) is 13.0. The van der Waals surface area contributed by atoms with Crippen molar-refractivity contribution >= 4 is 27.4 Å². The number of carbonyl (C=O) groups is 1. The molecule has 2 aromatic carbocycles. The van der Waals surface area contributed by atoms with E-state index in [1.165, 1.54) is 7.11 Å². The topological polar surface area (TPSA) is 72.8 Å². The Bertz CT molecular complexity index is 990. The standard InChI is InChI=1S/C18H14O5S/c1-22-13-6-4-3-5-11(13)10-7-8-12-14(9-10)24-18(21)15(16(12)19)17(20)23-2/h3-9,19H,1-2H3. The molecule has 1 heterocycles. The number of rotatable bonds is 3. The van der Waals surface area contributed by atoms with Gasteiger partial charge in [0.25, 0.3) is 4.74 Å². The van der Waals surface area contributed by atoms with Gasteiger partial charge in [0.2, 0.25) is 0 Å². The SMILES string of the molecule is COC(=O)c1c(O)c2ccc(-c3ccccc3OC)cc2sc1=O. The number of esters is 1. The van der Waals surface area contributed by atoms with Crippen LogP contribution in [0.2, 0.25) is 0 Å². The number of fused-ring (bicyclic) bond motifs is 1. The molecule has 3 aromatic rings. The van der Waals surface area contributed by atoms with Gasteiger partial charge in [-0.25, -0.2) is 4.79 Å². The molecular formula is C18H14O5S. The molecule has 0 aliphatic carbocycles. The van der Waals surface area contributed by atoms with E-state index in [9.17, 15) is 14.7 Å². The van der Waals surface area contributed by atoms with Crippen LogP contribution in [0.15, 0.2) is 47.3 Å². The number of hydrogen-bond donors (Lipinski definition) is 1. The maximum absolute atomic E-state index is 12.2. The van der Waals surface area contributed by atoms with Gasteiger partial charge in [0.05, 0.1) is 14.2 Å². The molecule has 0 spiro atoms. The van der Waals surface area contributed by atoms with Crippen molar-refractivity contribution in [3.63, 3.8) is 0 Å². The Hall–Kier alpha value is -2.86. The third kappa shape index (κ3) is 2.61. The van der Waals surface area contributed by atoms with E-state index in [4.69, 9.17) is 4.74 Å². The van der Waals surface area contributed by atoms with Crippen molar-refractivity contribution in [3.05, 3.63) is 57.6 Å². The molecule has 0 amide bonds. The van der Waals surface area contributed by atoms with Crippen molar-refractivity contribution < 1.29 is 19.4 Å². The van der Waals surface area contributed by atoms with Gasteiger partial charge in [0, 0.05) is 15.6 Å². The molecule has 6 heteroatoms. The highest BCUT2D eigenvalue weighted by atomic mass is 32.1. The summed E-state index contributed by atoms with van der Waals surface area (Å²) >= 11 is 0.891. The molecule has 5 nitrogen and oxygen atoms in total. The van der Waals surface area contributed by atoms with E-state index >= 15 is 0 Å². The lowest BCUT2D eigenvalue weighted by Crippen LogP contribution is -2.13. The minimum atomic E-state index is -0.843. The van der Waals surface area contributed by atoms with Crippen LogP contribution >= 0.6 is 11.3 Å². The molecule has 0 saturated heterocycles. The molecule has 3 rings (SSSR count). The number of benzene rings is 2. The molecule has 0 saturated carbocycles. The molecular weight excluding hydrogens is 328 g/mol. The van der Waals surface area contributed by atoms with Crippen LogP contribution in [-0.2, 0) is 4.74 Å². The highest BCUT2D eigenvalue weighted by Crippen LogP contribution is 2.35. The molecule has 0 bridgehead atoms. The monoisotopic (exact) mass is 342 g/mol. The summed E-state index contributed by atoms with van der Waals surface area (Å²) in [5, 5.41) is 10.7. The molecule has 0 aliphatic heterocycles. The normalized spacial score (nSPS) is 10.6. The molecule has 0 aliphatic rings. The average molecular weight is 342 g/mol. The number of carbonyl (C=O) groups excluding carboxylic acids is 1. The Balaban J connectivity index is 2.24. The largest absolute Gasteiger partial charge is 0.506 e. The van der Waals surface area contributed by atoms with Gasteiger partial charge in [0.15, 0.2) is 5.56 Å². The number of para-hydroxylation sites is 1. The van der Waals surface area contributed by atoms with E-state index in [0.717, 1.165) is 22.5 Å². The van der Waals surface area contributed by atoms with Crippen LogP contribution in [0.5, 0.6) is 11.5 Å². The Morgan fingerprint density at radius 1 is 1.12 bits per heavy atom. The van der Waals surface area contributed by atoms with Crippen molar-refractivity contribution in [2.75, 3.05) is 14.2 Å². The minimum Gasteiger partial charge on any atom is -0.506 e. The molecule has 0 atom stereocenters. The second-order valence-electron chi connectivity index (χ2n) is 5.02. The summed E-state index contributed by atoms with van der Waals surface area (Å²) in [4.78, 5) is 23.8. The third-order valence-electron chi connectivity index (χ3n) is 3.69. The first-order valence-corrected chi connectivity index (χ1v) is 7.90. The van der Waals surface area contributed by atoms with Gasteiger partial charge in [-0.05, 0) is 23.8 Å². The number of hydrogen-bond acceptors (Lipinski definition) is 6. The summed E-state index contributed by atoms with van der Waals surface area (Å²) in [5.74, 6) is -0.490. The maximum atomic E-state index is 12.2. The maximum Gasteiger partial charge on any atom is 0.346 e. The first kappa shape index (κ1) is 16.0. The van der Waals surface area contributed by atoms with Gasteiger partial charge < -0.3 is 14.6 Å². The Kier molecular flexibility index (Phi) is 4.22. The predicted molar refractivity (Wildman–Crippen MR) is 93.1 cm³/mol. The summed E-state index contributed by atoms with van der Waals surface area (Å²) in [6.07, 6.45) is 0. The van der Waals surface area contributed by atoms with Crippen molar-refractivity contribution in [2.24, 2.45) is 0 Å². The summed E-state index contributed by atoms with van der Waals surface area (Å²) < 4.78 is 9.96. The van der Waals surface area contributed by atoms with Crippen molar-refractivity contribution in [2.45, 2.75) is 0 Å². The fourth-order valence-corrected chi connectivity index (χ4v) is 3.46. The molecule has 24 heavy (non-hydrogen) atoms. The van der Waals surface area contributed by atoms with E-state index in [1.807, 2.05) is 24.3 Å². The van der Waals surface area contributed by atoms with Crippen LogP contribution in [0, 0.1) is 0 Å². The Morgan fingerprint density at radius 3 is 2.58 bits per heavy atom. The number of ether oxygens (including phenoxy) is 2. The van der Waals surface area contributed by atoms with Gasteiger partial charge in [-0.3, -0.25) is 4.79 Å². The van der Waals surface area contributed by atoms with Crippen molar-refractivity contribution in [3.8, 4) is 22.6 Å². The van der Waals surface area contributed by atoms with E-state index in [-0.39, 0.29) is 11.3 Å². The van der Waals surface area contributed by atoms with Crippen LogP contribution in [-0.4, -0.2) is 25.3 Å². The zero-order chi connectivity index (χ0) is 17.3. The fourth-order valence-electron chi connectivity index (χ4n) is 2.52. The summed E-state index contributed by atoms with van der Waals surface area (Å²) in [6, 6.07) is 12.8. The van der Waals surface area contributed by atoms with E-state index in [2.05, 4.69) is 4.74 Å². The quantitative estimate of drug-likeness (QED) is 0.738. The van der Waals surface area contributed by atoms with Crippen LogP contribution in [0.1, 0.15) is 10.4 Å². The lowest BCUT2D eigenvalue weighted by Gasteiger charge is -2.10. The van der Waals surface area contributed by atoms with Crippen LogP contribution in [0.25, 0.3) is 21.2 Å². The second kappa shape index (κ2) is 6.33. The van der Waals surface area contributed by atoms with Gasteiger partial charge in [0.1, 0.15) is 11.5 Å². The van der Waals surface area contributed by atoms with E-state index < -0.39 is 10.7 Å². The predicted octanol–water partition coefficient (Wildman–Crippen LogP) is 3.43. The van der Waals surface area contributed by atoms with Gasteiger partial charge >= 0.3 is 5.97 Å². The minimum absolute atomic E-state index is 0.333. The second-order valence-corrected chi connectivity index (χ2v) is 6.03. The van der Waals surface area contributed by atoms with Crippen LogP contribution in [0.3, 0.4) is 0 Å². The molecule has 122 valence electrons. The highest BCUT2D eigenvalue weighted by Gasteiger charge is 2.20. The number of aromatic hydroxyl groups is 1. The summed E-state index contributed by atoms with van der Waals surface area (Å²) in [6.45, 7) is 0. The van der Waals surface area contributed by atoms with Crippen LogP contribution < -0.4 is 9.48 Å². The summed E-state index contributed by atoms with van der Waals surface area (Å²) in [5.41, 5.74) is 1.39. The first-order valence-electron chi connectivity index (χ1n) is 7.08. The highest BCUT2D eigenvalue weighted by molar-refractivity contribution is 7.16. The first-order chi connectivity index (χ1) is 11.6. The van der Waals surface area contributed by atoms with E-state index in [0.29, 0.717) is 15.8 Å². The molecule has 1 aromatic heterocycles. The number of methoxy groups -OCH3 is 2. The van der Waals surface area contributed by atoms with Crippen LogP contribution in [0.4, 0.5) is 0 Å². The van der Waals surface area contributed by atoms with Gasteiger partial charge in [-0.1, -0.05) is 35.6 Å². The lowest BCUT2D eigenvalue weighted by atomic mass is 10.0. The average Bonchev–Trinajstić information content (AvgIpc) is 2.60. The van der Waals surface area contributed by atoms with Crippen molar-refractivity contribution in [1.29, 1.82) is 0 Å². The molecule has 0 unspecified atom stereocenters. The molecule has 1 N–H and O–H groups in total.